The number of Topliss-reactive ketones (excluding diaryl/α,β-unsaturated/α-hetero) is 1. The van der Waals surface area contributed by atoms with Crippen molar-refractivity contribution in [2.24, 2.45) is 5.92 Å². The SMILES string of the molecule is O=C(c1nc2c(C(F)(F)F)cc(-c3ccoc3)cn2c1O)C1CCC(c2ccc(C(F)(F)F)cc2)C1. The van der Waals surface area contributed by atoms with E-state index >= 15 is 0 Å². The van der Waals surface area contributed by atoms with Crippen molar-refractivity contribution < 1.29 is 40.7 Å². The van der Waals surface area contributed by atoms with Crippen molar-refractivity contribution in [1.29, 1.82) is 0 Å². The Balaban J connectivity index is 1.45. The molecule has 5 nitrogen and oxygen atoms in total. The maximum atomic E-state index is 13.8. The molecule has 1 saturated carbocycles. The van der Waals surface area contributed by atoms with E-state index in [1.807, 2.05) is 0 Å². The largest absolute Gasteiger partial charge is 0.493 e. The average molecular weight is 508 g/mol. The Bertz CT molecular complexity index is 1420. The van der Waals surface area contributed by atoms with Gasteiger partial charge >= 0.3 is 12.4 Å². The molecule has 1 fully saturated rings. The van der Waals surface area contributed by atoms with Crippen LogP contribution in [-0.2, 0) is 12.4 Å². The first-order valence-corrected chi connectivity index (χ1v) is 11.0. The molecule has 0 radical (unpaired) electrons. The number of rotatable bonds is 4. The van der Waals surface area contributed by atoms with E-state index in [1.54, 1.807) is 0 Å². The molecular formula is C25H18F6N2O3. The van der Waals surface area contributed by atoms with E-state index in [0.717, 1.165) is 22.6 Å². The molecule has 188 valence electrons. The third-order valence-corrected chi connectivity index (χ3v) is 6.60. The van der Waals surface area contributed by atoms with Crippen LogP contribution in [0.1, 0.15) is 52.4 Å². The fourth-order valence-corrected chi connectivity index (χ4v) is 4.75. The summed E-state index contributed by atoms with van der Waals surface area (Å²) in [5, 5.41) is 10.7. The molecule has 0 amide bonds. The molecule has 0 aliphatic heterocycles. The number of furan rings is 1. The third-order valence-electron chi connectivity index (χ3n) is 6.60. The molecule has 1 aliphatic rings. The van der Waals surface area contributed by atoms with Crippen LogP contribution >= 0.6 is 0 Å². The van der Waals surface area contributed by atoms with Crippen LogP contribution in [0.15, 0.2) is 59.5 Å². The highest BCUT2D eigenvalue weighted by Gasteiger charge is 2.39. The van der Waals surface area contributed by atoms with Crippen molar-refractivity contribution in [2.45, 2.75) is 37.5 Å². The lowest BCUT2D eigenvalue weighted by Gasteiger charge is -2.12. The number of benzene rings is 1. The number of fused-ring (bicyclic) bond motifs is 1. The minimum Gasteiger partial charge on any atom is -0.493 e. The van der Waals surface area contributed by atoms with Gasteiger partial charge in [0.2, 0.25) is 5.88 Å². The Hall–Kier alpha value is -3.76. The van der Waals surface area contributed by atoms with Crippen LogP contribution in [-0.4, -0.2) is 20.3 Å². The van der Waals surface area contributed by atoms with Crippen LogP contribution in [0, 0.1) is 5.92 Å². The van der Waals surface area contributed by atoms with Gasteiger partial charge in [-0.3, -0.25) is 9.20 Å². The normalized spacial score (nSPS) is 18.7. The monoisotopic (exact) mass is 508 g/mol. The quantitative estimate of drug-likeness (QED) is 0.236. The van der Waals surface area contributed by atoms with E-state index in [1.165, 1.54) is 36.9 Å². The van der Waals surface area contributed by atoms with Gasteiger partial charge in [-0.2, -0.15) is 26.3 Å². The Morgan fingerprint density at radius 2 is 1.72 bits per heavy atom. The Morgan fingerprint density at radius 1 is 1.00 bits per heavy atom. The molecular weight excluding hydrogens is 490 g/mol. The summed E-state index contributed by atoms with van der Waals surface area (Å²) in [6.07, 6.45) is -4.32. The maximum absolute atomic E-state index is 13.8. The summed E-state index contributed by atoms with van der Waals surface area (Å²) in [4.78, 5) is 17.1. The minimum atomic E-state index is -4.81. The van der Waals surface area contributed by atoms with Gasteiger partial charge in [0.05, 0.1) is 23.7 Å². The highest BCUT2D eigenvalue weighted by molar-refractivity contribution is 5.99. The van der Waals surface area contributed by atoms with E-state index in [2.05, 4.69) is 4.98 Å². The number of alkyl halides is 6. The van der Waals surface area contributed by atoms with Crippen molar-refractivity contribution in [2.75, 3.05) is 0 Å². The number of ketones is 1. The second kappa shape index (κ2) is 8.42. The molecule has 36 heavy (non-hydrogen) atoms. The van der Waals surface area contributed by atoms with Crippen LogP contribution < -0.4 is 0 Å². The van der Waals surface area contributed by atoms with E-state index in [9.17, 15) is 36.2 Å². The lowest BCUT2D eigenvalue weighted by Crippen LogP contribution is -2.12. The summed E-state index contributed by atoms with van der Waals surface area (Å²) < 4.78 is 85.7. The van der Waals surface area contributed by atoms with Gasteiger partial charge in [0.25, 0.3) is 0 Å². The molecule has 5 rings (SSSR count). The molecule has 3 heterocycles. The van der Waals surface area contributed by atoms with E-state index in [-0.39, 0.29) is 17.9 Å². The van der Waals surface area contributed by atoms with Crippen molar-refractivity contribution in [3.8, 4) is 17.0 Å². The summed E-state index contributed by atoms with van der Waals surface area (Å²) in [5.74, 6) is -2.15. The molecule has 0 bridgehead atoms. The molecule has 0 spiro atoms. The number of aromatic nitrogens is 2. The molecule has 2 atom stereocenters. The molecule has 1 aromatic carbocycles. The Morgan fingerprint density at radius 3 is 2.33 bits per heavy atom. The molecule has 1 aliphatic carbocycles. The van der Waals surface area contributed by atoms with Crippen molar-refractivity contribution in [3.63, 3.8) is 0 Å². The van der Waals surface area contributed by atoms with Crippen LogP contribution in [0.2, 0.25) is 0 Å². The standard InChI is InChI=1S/C25H18F6N2O3/c26-24(27,28)18-5-3-13(4-6-18)14-1-2-15(9-14)21(34)20-23(35)33-11-17(16-7-8-36-12-16)10-19(22(33)32-20)25(29,30)31/h3-8,10-12,14-15,35H,1-2,9H2. The van der Waals surface area contributed by atoms with Gasteiger partial charge in [-0.1, -0.05) is 12.1 Å². The zero-order valence-electron chi connectivity index (χ0n) is 18.4. The first-order valence-electron chi connectivity index (χ1n) is 11.0. The van der Waals surface area contributed by atoms with Crippen molar-refractivity contribution in [1.82, 2.24) is 9.38 Å². The summed E-state index contributed by atoms with van der Waals surface area (Å²) >= 11 is 0. The van der Waals surface area contributed by atoms with Gasteiger partial charge in [0, 0.05) is 23.2 Å². The summed E-state index contributed by atoms with van der Waals surface area (Å²) in [6, 6.07) is 7.03. The highest BCUT2D eigenvalue weighted by Crippen LogP contribution is 2.43. The van der Waals surface area contributed by atoms with Gasteiger partial charge in [-0.25, -0.2) is 4.98 Å². The minimum absolute atomic E-state index is 0.110. The number of nitrogens with zero attached hydrogens (tertiary/aromatic N) is 2. The number of hydrogen-bond donors (Lipinski definition) is 1. The van der Waals surface area contributed by atoms with E-state index < -0.39 is 52.4 Å². The van der Waals surface area contributed by atoms with Gasteiger partial charge < -0.3 is 9.52 Å². The maximum Gasteiger partial charge on any atom is 0.420 e. The predicted molar refractivity (Wildman–Crippen MR) is 115 cm³/mol. The predicted octanol–water partition coefficient (Wildman–Crippen LogP) is 7.10. The number of carbonyl (C=O) groups excluding carboxylic acids is 1. The number of carbonyl (C=O) groups is 1. The van der Waals surface area contributed by atoms with Crippen molar-refractivity contribution >= 4 is 11.4 Å². The van der Waals surface area contributed by atoms with Crippen LogP contribution in [0.5, 0.6) is 5.88 Å². The first kappa shape index (κ1) is 24.0. The molecule has 3 aromatic heterocycles. The Kier molecular flexibility index (Phi) is 5.60. The van der Waals surface area contributed by atoms with Crippen molar-refractivity contribution in [3.05, 3.63) is 77.5 Å². The lowest BCUT2D eigenvalue weighted by atomic mass is 9.93. The second-order valence-corrected chi connectivity index (χ2v) is 8.82. The fourth-order valence-electron chi connectivity index (χ4n) is 4.75. The number of hydrogen-bond acceptors (Lipinski definition) is 4. The molecule has 2 unspecified atom stereocenters. The number of imidazole rings is 1. The third kappa shape index (κ3) is 4.22. The fraction of sp³-hybridized carbons (Fsp3) is 0.280. The number of pyridine rings is 1. The zero-order chi connectivity index (χ0) is 25.8. The average Bonchev–Trinajstić information content (AvgIpc) is 3.58. The highest BCUT2D eigenvalue weighted by atomic mass is 19.4. The lowest BCUT2D eigenvalue weighted by molar-refractivity contribution is -0.138. The van der Waals surface area contributed by atoms with Crippen LogP contribution in [0.4, 0.5) is 26.3 Å². The summed E-state index contributed by atoms with van der Waals surface area (Å²) in [7, 11) is 0. The smallest absolute Gasteiger partial charge is 0.420 e. The topological polar surface area (TPSA) is 67.7 Å². The molecule has 1 N–H and O–H groups in total. The zero-order valence-corrected chi connectivity index (χ0v) is 18.4. The summed E-state index contributed by atoms with van der Waals surface area (Å²) in [5.41, 5.74) is -1.87. The van der Waals surface area contributed by atoms with Gasteiger partial charge in [-0.15, -0.1) is 0 Å². The molecule has 4 aromatic rings. The van der Waals surface area contributed by atoms with E-state index in [0.29, 0.717) is 24.0 Å². The molecule has 0 saturated heterocycles. The number of aromatic hydroxyl groups is 1. The van der Waals surface area contributed by atoms with E-state index in [4.69, 9.17) is 4.42 Å². The van der Waals surface area contributed by atoms with Gasteiger partial charge in [0.1, 0.15) is 0 Å². The van der Waals surface area contributed by atoms with Gasteiger partial charge in [-0.05, 0) is 55.0 Å². The first-order chi connectivity index (χ1) is 16.9. The Labute approximate surface area is 200 Å². The van der Waals surface area contributed by atoms with Crippen LogP contribution in [0.3, 0.4) is 0 Å². The van der Waals surface area contributed by atoms with Gasteiger partial charge in [0.15, 0.2) is 17.1 Å². The van der Waals surface area contributed by atoms with Crippen LogP contribution in [0.25, 0.3) is 16.8 Å². The number of halogens is 6. The summed E-state index contributed by atoms with van der Waals surface area (Å²) in [6.45, 7) is 0. The second-order valence-electron chi connectivity index (χ2n) is 8.82. The molecule has 11 heteroatoms.